The van der Waals surface area contributed by atoms with Gasteiger partial charge in [0.2, 0.25) is 5.91 Å². The molecule has 3 rings (SSSR count). The molecule has 0 aromatic heterocycles. The van der Waals surface area contributed by atoms with Crippen molar-refractivity contribution in [2.45, 2.75) is 32.9 Å². The van der Waals surface area contributed by atoms with Gasteiger partial charge >= 0.3 is 6.09 Å². The Labute approximate surface area is 174 Å². The lowest BCUT2D eigenvalue weighted by Crippen LogP contribution is -2.54. The van der Waals surface area contributed by atoms with Crippen molar-refractivity contribution < 1.29 is 23.5 Å². The van der Waals surface area contributed by atoms with Crippen molar-refractivity contribution in [2.75, 3.05) is 6.54 Å². The van der Waals surface area contributed by atoms with Gasteiger partial charge in [-0.3, -0.25) is 4.79 Å². The first-order chi connectivity index (χ1) is 14.1. The van der Waals surface area contributed by atoms with E-state index in [1.54, 1.807) is 26.8 Å². The molecule has 1 heterocycles. The van der Waals surface area contributed by atoms with Crippen LogP contribution in [0.5, 0.6) is 0 Å². The van der Waals surface area contributed by atoms with Gasteiger partial charge in [-0.1, -0.05) is 57.2 Å². The Hall–Kier alpha value is -3.22. The Kier molecular flexibility index (Phi) is 5.92. The minimum Gasteiger partial charge on any atom is -0.465 e. The van der Waals surface area contributed by atoms with E-state index < -0.39 is 41.1 Å². The summed E-state index contributed by atoms with van der Waals surface area (Å²) in [6.07, 6.45) is 0.425. The number of carbonyl (C=O) groups excluding carboxylic acids is 1. The summed E-state index contributed by atoms with van der Waals surface area (Å²) < 4.78 is 28.2. The van der Waals surface area contributed by atoms with Crippen LogP contribution in [-0.2, 0) is 4.79 Å². The average molecular weight is 414 g/mol. The molecule has 0 saturated heterocycles. The second-order valence-electron chi connectivity index (χ2n) is 8.39. The van der Waals surface area contributed by atoms with Crippen molar-refractivity contribution in [1.29, 1.82) is 0 Å². The van der Waals surface area contributed by atoms with Crippen LogP contribution in [0.4, 0.5) is 13.6 Å². The van der Waals surface area contributed by atoms with Crippen LogP contribution in [-0.4, -0.2) is 34.6 Å². The topological polar surface area (TPSA) is 69.6 Å². The highest BCUT2D eigenvalue weighted by Gasteiger charge is 2.40. The van der Waals surface area contributed by atoms with Gasteiger partial charge in [0.15, 0.2) is 0 Å². The predicted molar refractivity (Wildman–Crippen MR) is 110 cm³/mol. The maximum Gasteiger partial charge on any atom is 0.405 e. The van der Waals surface area contributed by atoms with Gasteiger partial charge in [0.1, 0.15) is 17.7 Å². The van der Waals surface area contributed by atoms with Crippen LogP contribution in [0.1, 0.15) is 37.9 Å². The van der Waals surface area contributed by atoms with Crippen LogP contribution < -0.4 is 5.32 Å². The first-order valence-corrected chi connectivity index (χ1v) is 9.59. The second kappa shape index (κ2) is 8.26. The van der Waals surface area contributed by atoms with Crippen LogP contribution in [0.2, 0.25) is 0 Å². The average Bonchev–Trinajstić information content (AvgIpc) is 3.12. The second-order valence-corrected chi connectivity index (χ2v) is 8.39. The normalized spacial score (nSPS) is 17.4. The fourth-order valence-corrected chi connectivity index (χ4v) is 3.61. The lowest BCUT2D eigenvalue weighted by molar-refractivity contribution is -0.136. The Bertz CT molecular complexity index is 984. The van der Waals surface area contributed by atoms with Gasteiger partial charge < -0.3 is 15.3 Å². The Morgan fingerprint density at radius 1 is 1.13 bits per heavy atom. The fraction of sp³-hybridized carbons (Fsp3) is 0.304. The lowest BCUT2D eigenvalue weighted by Gasteiger charge is -2.35. The third kappa shape index (κ3) is 4.50. The number of benzene rings is 2. The summed E-state index contributed by atoms with van der Waals surface area (Å²) >= 11 is 0. The van der Waals surface area contributed by atoms with E-state index in [-0.39, 0.29) is 12.1 Å². The molecule has 0 fully saturated rings. The minimum absolute atomic E-state index is 0.0344. The van der Waals surface area contributed by atoms with Gasteiger partial charge in [0.25, 0.3) is 0 Å². The van der Waals surface area contributed by atoms with Crippen molar-refractivity contribution in [3.05, 3.63) is 77.4 Å². The van der Waals surface area contributed by atoms with E-state index in [1.807, 2.05) is 30.3 Å². The molecule has 0 aliphatic carbocycles. The van der Waals surface area contributed by atoms with Crippen molar-refractivity contribution >= 4 is 17.6 Å². The first kappa shape index (κ1) is 21.5. The number of carboxylic acid groups (broad SMARTS) is 1. The first-order valence-electron chi connectivity index (χ1n) is 9.59. The molecule has 0 unspecified atom stereocenters. The molecular weight excluding hydrogens is 390 g/mol. The van der Waals surface area contributed by atoms with Gasteiger partial charge in [0.05, 0.1) is 6.04 Å². The van der Waals surface area contributed by atoms with Crippen LogP contribution in [0.3, 0.4) is 0 Å². The highest BCUT2D eigenvalue weighted by molar-refractivity contribution is 5.89. The van der Waals surface area contributed by atoms with E-state index in [2.05, 4.69) is 5.32 Å². The number of nitrogens with zero attached hydrogens (tertiary/aromatic N) is 1. The van der Waals surface area contributed by atoms with Crippen molar-refractivity contribution in [1.82, 2.24) is 10.2 Å². The van der Waals surface area contributed by atoms with Gasteiger partial charge in [-0.25, -0.2) is 13.6 Å². The zero-order valence-electron chi connectivity index (χ0n) is 17.0. The number of carbonyl (C=O) groups is 2. The zero-order valence-corrected chi connectivity index (χ0v) is 17.0. The van der Waals surface area contributed by atoms with E-state index in [9.17, 15) is 23.5 Å². The highest BCUT2D eigenvalue weighted by Crippen LogP contribution is 2.37. The molecular formula is C23H24F2N2O3. The number of hydrogen-bond acceptors (Lipinski definition) is 2. The summed E-state index contributed by atoms with van der Waals surface area (Å²) in [6, 6.07) is 10.8. The quantitative estimate of drug-likeness (QED) is 0.767. The molecule has 1 aliphatic heterocycles. The van der Waals surface area contributed by atoms with E-state index in [1.165, 1.54) is 4.90 Å². The number of amides is 2. The zero-order chi connectivity index (χ0) is 22.1. The molecule has 2 atom stereocenters. The van der Waals surface area contributed by atoms with Crippen LogP contribution in [0.15, 0.2) is 54.6 Å². The van der Waals surface area contributed by atoms with E-state index in [0.29, 0.717) is 5.57 Å². The number of rotatable bonds is 4. The Balaban J connectivity index is 2.03. The van der Waals surface area contributed by atoms with Crippen LogP contribution in [0.25, 0.3) is 5.57 Å². The van der Waals surface area contributed by atoms with Crippen LogP contribution in [0, 0.1) is 17.0 Å². The van der Waals surface area contributed by atoms with Gasteiger partial charge in [-0.2, -0.15) is 0 Å². The molecule has 158 valence electrons. The SMILES string of the molecule is CC(C)(C)[C@H](NC(=O)O)C(=O)N1CC(c2cc(F)ccc2F)=C[C@H]1c1ccccc1. The monoisotopic (exact) mass is 414 g/mol. The van der Waals surface area contributed by atoms with Crippen LogP contribution >= 0.6 is 0 Å². The summed E-state index contributed by atoms with van der Waals surface area (Å²) in [5.74, 6) is -1.59. The van der Waals surface area contributed by atoms with E-state index in [0.717, 1.165) is 23.8 Å². The summed E-state index contributed by atoms with van der Waals surface area (Å²) in [7, 11) is 0. The van der Waals surface area contributed by atoms with Crippen molar-refractivity contribution in [2.24, 2.45) is 5.41 Å². The van der Waals surface area contributed by atoms with Gasteiger partial charge in [0, 0.05) is 12.1 Å². The summed E-state index contributed by atoms with van der Waals surface area (Å²) in [5, 5.41) is 11.5. The maximum atomic E-state index is 14.4. The minimum atomic E-state index is -1.30. The molecule has 0 radical (unpaired) electrons. The molecule has 30 heavy (non-hydrogen) atoms. The number of halogens is 2. The highest BCUT2D eigenvalue weighted by atomic mass is 19.1. The smallest absolute Gasteiger partial charge is 0.405 e. The molecule has 2 aromatic carbocycles. The third-order valence-corrected chi connectivity index (χ3v) is 5.11. The number of hydrogen-bond donors (Lipinski definition) is 2. The molecule has 2 amide bonds. The maximum absolute atomic E-state index is 14.4. The molecule has 1 aliphatic rings. The molecule has 0 spiro atoms. The Morgan fingerprint density at radius 3 is 2.40 bits per heavy atom. The molecule has 2 aromatic rings. The molecule has 2 N–H and O–H groups in total. The Morgan fingerprint density at radius 2 is 1.80 bits per heavy atom. The fourth-order valence-electron chi connectivity index (χ4n) is 3.61. The summed E-state index contributed by atoms with van der Waals surface area (Å²) in [4.78, 5) is 26.2. The molecule has 0 bridgehead atoms. The molecule has 0 saturated carbocycles. The molecule has 7 heteroatoms. The van der Waals surface area contributed by atoms with E-state index in [4.69, 9.17) is 0 Å². The molecule has 5 nitrogen and oxygen atoms in total. The van der Waals surface area contributed by atoms with E-state index >= 15 is 0 Å². The van der Waals surface area contributed by atoms with Crippen molar-refractivity contribution in [3.63, 3.8) is 0 Å². The lowest BCUT2D eigenvalue weighted by atomic mass is 9.85. The summed E-state index contributed by atoms with van der Waals surface area (Å²) in [5.41, 5.74) is 0.659. The van der Waals surface area contributed by atoms with Gasteiger partial charge in [-0.15, -0.1) is 0 Å². The largest absolute Gasteiger partial charge is 0.465 e. The standard InChI is InChI=1S/C23H24F2N2O3/c1-23(2,3)20(26-22(29)30)21(28)27-13-15(17-12-16(24)9-10-18(17)25)11-19(27)14-7-5-4-6-8-14/h4-12,19-20,26H,13H2,1-3H3,(H,29,30)/t19-,20+/m0/s1. The summed E-state index contributed by atoms with van der Waals surface area (Å²) in [6.45, 7) is 5.33. The predicted octanol–water partition coefficient (Wildman–Crippen LogP) is 4.61. The van der Waals surface area contributed by atoms with Gasteiger partial charge in [-0.05, 0) is 34.8 Å². The third-order valence-electron chi connectivity index (χ3n) is 5.11. The number of nitrogens with one attached hydrogen (secondary N) is 1. The van der Waals surface area contributed by atoms with Crippen molar-refractivity contribution in [3.8, 4) is 0 Å².